The van der Waals surface area contributed by atoms with Crippen LogP contribution < -0.4 is 16.4 Å². The molecule has 12 heteroatoms. The van der Waals surface area contributed by atoms with Gasteiger partial charge in [-0.25, -0.2) is 4.79 Å². The van der Waals surface area contributed by atoms with Crippen LogP contribution in [0.1, 0.15) is 32.6 Å². The van der Waals surface area contributed by atoms with Gasteiger partial charge in [-0.15, -0.1) is 0 Å². The number of rotatable bonds is 11. The van der Waals surface area contributed by atoms with Crippen molar-refractivity contribution >= 4 is 41.4 Å². The zero-order valence-corrected chi connectivity index (χ0v) is 17.2. The predicted octanol–water partition coefficient (Wildman–Crippen LogP) is -1.39. The molecule has 164 valence electrons. The first-order valence-electron chi connectivity index (χ1n) is 9.18. The van der Waals surface area contributed by atoms with Crippen molar-refractivity contribution in [2.24, 2.45) is 5.73 Å². The van der Waals surface area contributed by atoms with Crippen LogP contribution in [0.15, 0.2) is 0 Å². The molecular formula is C17H28N4O7S. The zero-order valence-electron chi connectivity index (χ0n) is 16.4. The molecule has 0 aliphatic carbocycles. The van der Waals surface area contributed by atoms with Crippen LogP contribution in [0.5, 0.6) is 0 Å². The van der Waals surface area contributed by atoms with E-state index in [0.717, 1.165) is 0 Å². The maximum Gasteiger partial charge on any atom is 0.326 e. The Bertz CT molecular complexity index is 645. The summed E-state index contributed by atoms with van der Waals surface area (Å²) in [6.07, 6.45) is 2.42. The zero-order chi connectivity index (χ0) is 22.1. The fraction of sp³-hybridized carbons (Fsp3) is 0.706. The van der Waals surface area contributed by atoms with Gasteiger partial charge in [-0.1, -0.05) is 0 Å². The lowest BCUT2D eigenvalue weighted by molar-refractivity contribution is -0.144. The summed E-state index contributed by atoms with van der Waals surface area (Å²) in [6, 6.07) is -4.18. The van der Waals surface area contributed by atoms with Crippen LogP contribution in [0.4, 0.5) is 0 Å². The first kappa shape index (κ1) is 24.7. The Morgan fingerprint density at radius 1 is 1.21 bits per heavy atom. The third-order valence-electron chi connectivity index (χ3n) is 4.53. The average Bonchev–Trinajstić information content (AvgIpc) is 3.13. The number of carbonyl (C=O) groups is 5. The number of hydrogen-bond donors (Lipinski definition) is 5. The Morgan fingerprint density at radius 3 is 2.41 bits per heavy atom. The minimum absolute atomic E-state index is 0.245. The number of aliphatic carboxylic acids is 2. The van der Waals surface area contributed by atoms with Gasteiger partial charge in [0.05, 0.1) is 12.5 Å². The van der Waals surface area contributed by atoms with E-state index >= 15 is 0 Å². The second-order valence-electron chi connectivity index (χ2n) is 6.81. The molecule has 0 aromatic rings. The lowest BCUT2D eigenvalue weighted by Gasteiger charge is -2.27. The molecule has 6 N–H and O–H groups in total. The van der Waals surface area contributed by atoms with Gasteiger partial charge in [0.25, 0.3) is 0 Å². The summed E-state index contributed by atoms with van der Waals surface area (Å²) in [5, 5.41) is 22.8. The molecule has 1 aliphatic rings. The van der Waals surface area contributed by atoms with Gasteiger partial charge >= 0.3 is 11.9 Å². The first-order chi connectivity index (χ1) is 13.6. The number of thioether (sulfide) groups is 1. The highest BCUT2D eigenvalue weighted by Crippen LogP contribution is 2.19. The standard InChI is InChI=1S/C17H28N4O7S/c1-9(14(24)20-11(17(27)28)5-7-29-2)19-15(25)12-4-3-6-21(12)16(26)10(18)8-13(22)23/h9-12H,3-8,18H2,1-2H3,(H,19,25)(H,20,24)(H,22,23)(H,27,28). The monoisotopic (exact) mass is 432 g/mol. The molecule has 4 unspecified atom stereocenters. The number of amides is 3. The summed E-state index contributed by atoms with van der Waals surface area (Å²) < 4.78 is 0. The quantitative estimate of drug-likeness (QED) is 0.263. The summed E-state index contributed by atoms with van der Waals surface area (Å²) in [6.45, 7) is 1.68. The van der Waals surface area contributed by atoms with Gasteiger partial charge in [-0.3, -0.25) is 19.2 Å². The van der Waals surface area contributed by atoms with Gasteiger partial charge in [0.15, 0.2) is 0 Å². The second-order valence-corrected chi connectivity index (χ2v) is 7.79. The number of carboxylic acid groups (broad SMARTS) is 2. The number of hydrogen-bond acceptors (Lipinski definition) is 7. The topological polar surface area (TPSA) is 179 Å². The number of nitrogens with zero attached hydrogens (tertiary/aromatic N) is 1. The summed E-state index contributed by atoms with van der Waals surface area (Å²) >= 11 is 1.45. The van der Waals surface area contributed by atoms with Crippen molar-refractivity contribution in [1.29, 1.82) is 0 Å². The third kappa shape index (κ3) is 7.54. The molecule has 0 saturated carbocycles. The van der Waals surface area contributed by atoms with Crippen molar-refractivity contribution in [2.45, 2.75) is 56.8 Å². The smallest absolute Gasteiger partial charge is 0.326 e. The molecule has 1 heterocycles. The largest absolute Gasteiger partial charge is 0.481 e. The van der Waals surface area contributed by atoms with Gasteiger partial charge in [-0.05, 0) is 38.2 Å². The lowest BCUT2D eigenvalue weighted by Crippen LogP contribution is -2.56. The molecule has 0 spiro atoms. The van der Waals surface area contributed by atoms with Crippen LogP contribution in [-0.4, -0.2) is 87.5 Å². The number of likely N-dealkylation sites (tertiary alicyclic amines) is 1. The lowest BCUT2D eigenvalue weighted by atomic mass is 10.1. The van der Waals surface area contributed by atoms with E-state index < -0.39 is 60.2 Å². The van der Waals surface area contributed by atoms with E-state index in [4.69, 9.17) is 10.8 Å². The third-order valence-corrected chi connectivity index (χ3v) is 5.17. The fourth-order valence-corrected chi connectivity index (χ4v) is 3.43. The van der Waals surface area contributed by atoms with Crippen molar-refractivity contribution in [3.8, 4) is 0 Å². The van der Waals surface area contributed by atoms with Crippen LogP contribution in [0.3, 0.4) is 0 Å². The Hall–Kier alpha value is -2.34. The molecular weight excluding hydrogens is 404 g/mol. The highest BCUT2D eigenvalue weighted by molar-refractivity contribution is 7.98. The minimum atomic E-state index is -1.26. The second kappa shape index (κ2) is 11.6. The van der Waals surface area contributed by atoms with Gasteiger partial charge in [-0.2, -0.15) is 11.8 Å². The van der Waals surface area contributed by atoms with Crippen molar-refractivity contribution in [1.82, 2.24) is 15.5 Å². The van der Waals surface area contributed by atoms with Crippen molar-refractivity contribution in [2.75, 3.05) is 18.6 Å². The Kier molecular flexibility index (Phi) is 9.89. The molecule has 0 radical (unpaired) electrons. The molecule has 11 nitrogen and oxygen atoms in total. The van der Waals surface area contributed by atoms with Gasteiger partial charge in [0, 0.05) is 6.54 Å². The summed E-state index contributed by atoms with van der Waals surface area (Å²) in [5.41, 5.74) is 5.61. The molecule has 1 saturated heterocycles. The van der Waals surface area contributed by atoms with Gasteiger partial charge in [0.1, 0.15) is 18.1 Å². The van der Waals surface area contributed by atoms with Crippen LogP contribution in [0.25, 0.3) is 0 Å². The molecule has 4 atom stereocenters. The summed E-state index contributed by atoms with van der Waals surface area (Å²) in [7, 11) is 0. The van der Waals surface area contributed by atoms with E-state index in [-0.39, 0.29) is 13.0 Å². The maximum atomic E-state index is 12.5. The van der Waals surface area contributed by atoms with E-state index in [9.17, 15) is 29.1 Å². The molecule has 3 amide bonds. The van der Waals surface area contributed by atoms with Gasteiger partial charge < -0.3 is 31.5 Å². The fourth-order valence-electron chi connectivity index (χ4n) is 2.96. The SMILES string of the molecule is CSCCC(NC(=O)C(C)NC(=O)C1CCCN1C(=O)C(N)CC(=O)O)C(=O)O. The number of carboxylic acids is 2. The Labute approximate surface area is 172 Å². The predicted molar refractivity (Wildman–Crippen MR) is 105 cm³/mol. The number of nitrogens with one attached hydrogen (secondary N) is 2. The van der Waals surface area contributed by atoms with E-state index in [1.807, 2.05) is 6.26 Å². The van der Waals surface area contributed by atoms with E-state index in [0.29, 0.717) is 18.6 Å². The number of nitrogens with two attached hydrogens (primary N) is 1. The van der Waals surface area contributed by atoms with Crippen LogP contribution in [0.2, 0.25) is 0 Å². The summed E-state index contributed by atoms with van der Waals surface area (Å²) in [5.74, 6) is -3.68. The maximum absolute atomic E-state index is 12.5. The Morgan fingerprint density at radius 2 is 1.86 bits per heavy atom. The van der Waals surface area contributed by atoms with Gasteiger partial charge in [0.2, 0.25) is 17.7 Å². The molecule has 29 heavy (non-hydrogen) atoms. The molecule has 1 aliphatic heterocycles. The van der Waals surface area contributed by atoms with E-state index in [1.165, 1.54) is 23.6 Å². The van der Waals surface area contributed by atoms with Crippen LogP contribution in [-0.2, 0) is 24.0 Å². The van der Waals surface area contributed by atoms with E-state index in [1.54, 1.807) is 0 Å². The molecule has 0 aromatic heterocycles. The van der Waals surface area contributed by atoms with Crippen molar-refractivity contribution in [3.63, 3.8) is 0 Å². The number of carbonyl (C=O) groups excluding carboxylic acids is 3. The van der Waals surface area contributed by atoms with Crippen molar-refractivity contribution in [3.05, 3.63) is 0 Å². The molecule has 1 fully saturated rings. The highest BCUT2D eigenvalue weighted by Gasteiger charge is 2.37. The van der Waals surface area contributed by atoms with Crippen molar-refractivity contribution < 1.29 is 34.2 Å². The summed E-state index contributed by atoms with van der Waals surface area (Å²) in [4.78, 5) is 60.4. The molecule has 0 aromatic carbocycles. The Balaban J connectivity index is 2.68. The van der Waals surface area contributed by atoms with Crippen LogP contribution in [0, 0.1) is 0 Å². The molecule has 0 bridgehead atoms. The normalized spacial score (nSPS) is 19.1. The minimum Gasteiger partial charge on any atom is -0.481 e. The first-order valence-corrected chi connectivity index (χ1v) is 10.6. The highest BCUT2D eigenvalue weighted by atomic mass is 32.2. The molecule has 1 rings (SSSR count). The van der Waals surface area contributed by atoms with Crippen LogP contribution >= 0.6 is 11.8 Å². The average molecular weight is 432 g/mol. The van der Waals surface area contributed by atoms with E-state index in [2.05, 4.69) is 10.6 Å².